The molecule has 0 radical (unpaired) electrons. The number of hydrogen-bond acceptors (Lipinski definition) is 3. The maximum Gasteiger partial charge on any atom is 0.232 e. The molecule has 3 unspecified atom stereocenters. The Hall–Kier alpha value is -0.900. The van der Waals surface area contributed by atoms with Crippen LogP contribution in [0.3, 0.4) is 0 Å². The average Bonchev–Trinajstić information content (AvgIpc) is 2.48. The zero-order valence-corrected chi connectivity index (χ0v) is 9.69. The number of likely N-dealkylation sites (tertiary alicyclic amines) is 1. The fraction of sp³-hybridized carbons (Fsp3) is 0.833. The summed E-state index contributed by atoms with van der Waals surface area (Å²) in [6.07, 6.45) is 3.86. The number of rotatable bonds is 2. The Morgan fingerprint density at radius 2 is 2.00 bits per heavy atom. The smallest absolute Gasteiger partial charge is 0.232 e. The van der Waals surface area contributed by atoms with Crippen molar-refractivity contribution >= 4 is 11.8 Å². The van der Waals surface area contributed by atoms with Crippen molar-refractivity contribution in [3.05, 3.63) is 0 Å². The molecule has 4 nitrogen and oxygen atoms in total. The number of carbonyl (C=O) groups excluding carboxylic acids is 2. The molecule has 1 saturated carbocycles. The van der Waals surface area contributed by atoms with Crippen molar-refractivity contribution in [2.45, 2.75) is 45.1 Å². The Kier molecular flexibility index (Phi) is 3.28. The first-order valence-corrected chi connectivity index (χ1v) is 6.12. The SMILES string of the molecule is CC1CC(=O)N(CC2CCCCC2O)C1=O. The van der Waals surface area contributed by atoms with Gasteiger partial charge >= 0.3 is 0 Å². The first-order chi connectivity index (χ1) is 7.59. The molecule has 1 aliphatic heterocycles. The van der Waals surface area contributed by atoms with Gasteiger partial charge in [-0.25, -0.2) is 0 Å². The first kappa shape index (κ1) is 11.6. The lowest BCUT2D eigenvalue weighted by molar-refractivity contribution is -0.140. The van der Waals surface area contributed by atoms with Gasteiger partial charge in [0.1, 0.15) is 0 Å². The van der Waals surface area contributed by atoms with Gasteiger partial charge in [0.2, 0.25) is 11.8 Å². The average molecular weight is 225 g/mol. The van der Waals surface area contributed by atoms with E-state index >= 15 is 0 Å². The van der Waals surface area contributed by atoms with Crippen molar-refractivity contribution in [2.24, 2.45) is 11.8 Å². The molecule has 2 aliphatic rings. The quantitative estimate of drug-likeness (QED) is 0.711. The third kappa shape index (κ3) is 2.12. The number of aliphatic hydroxyl groups is 1. The van der Waals surface area contributed by atoms with E-state index in [2.05, 4.69) is 0 Å². The highest BCUT2D eigenvalue weighted by Gasteiger charge is 2.38. The minimum Gasteiger partial charge on any atom is -0.393 e. The molecule has 16 heavy (non-hydrogen) atoms. The fourth-order valence-corrected chi connectivity index (χ4v) is 2.68. The highest BCUT2D eigenvalue weighted by Crippen LogP contribution is 2.28. The third-order valence-electron chi connectivity index (χ3n) is 3.76. The van der Waals surface area contributed by atoms with Crippen molar-refractivity contribution in [3.63, 3.8) is 0 Å². The van der Waals surface area contributed by atoms with Crippen molar-refractivity contribution in [1.82, 2.24) is 4.90 Å². The lowest BCUT2D eigenvalue weighted by atomic mass is 9.86. The monoisotopic (exact) mass is 225 g/mol. The molecule has 2 rings (SSSR count). The van der Waals surface area contributed by atoms with E-state index < -0.39 is 0 Å². The van der Waals surface area contributed by atoms with Gasteiger partial charge in [0.15, 0.2) is 0 Å². The third-order valence-corrected chi connectivity index (χ3v) is 3.76. The molecule has 2 amide bonds. The summed E-state index contributed by atoms with van der Waals surface area (Å²) in [5, 5.41) is 9.82. The second-order valence-electron chi connectivity index (χ2n) is 5.06. The molecule has 0 bridgehead atoms. The van der Waals surface area contributed by atoms with Crippen molar-refractivity contribution < 1.29 is 14.7 Å². The van der Waals surface area contributed by atoms with Gasteiger partial charge in [-0.1, -0.05) is 19.8 Å². The summed E-state index contributed by atoms with van der Waals surface area (Å²) < 4.78 is 0. The molecular weight excluding hydrogens is 206 g/mol. The maximum atomic E-state index is 11.7. The van der Waals surface area contributed by atoms with Crippen LogP contribution in [0.15, 0.2) is 0 Å². The summed E-state index contributed by atoms with van der Waals surface area (Å²) in [5.41, 5.74) is 0. The van der Waals surface area contributed by atoms with Crippen LogP contribution in [0.5, 0.6) is 0 Å². The van der Waals surface area contributed by atoms with Gasteiger partial charge in [0.05, 0.1) is 6.10 Å². The molecule has 1 N–H and O–H groups in total. The van der Waals surface area contributed by atoms with Gasteiger partial charge in [-0.2, -0.15) is 0 Å². The van der Waals surface area contributed by atoms with E-state index in [-0.39, 0.29) is 29.8 Å². The zero-order chi connectivity index (χ0) is 11.7. The van der Waals surface area contributed by atoms with Crippen LogP contribution in [0.4, 0.5) is 0 Å². The predicted octanol–water partition coefficient (Wildman–Crippen LogP) is 0.932. The zero-order valence-electron chi connectivity index (χ0n) is 9.69. The highest BCUT2D eigenvalue weighted by molar-refractivity contribution is 6.03. The van der Waals surface area contributed by atoms with Crippen molar-refractivity contribution in [2.75, 3.05) is 6.54 Å². The minimum absolute atomic E-state index is 0.0669. The van der Waals surface area contributed by atoms with Crippen LogP contribution in [0.2, 0.25) is 0 Å². The normalized spacial score (nSPS) is 35.9. The molecule has 0 aromatic heterocycles. The standard InChI is InChI=1S/C12H19NO3/c1-8-6-11(15)13(12(8)16)7-9-4-2-3-5-10(9)14/h8-10,14H,2-7H2,1H3. The lowest BCUT2D eigenvalue weighted by Gasteiger charge is -2.30. The van der Waals surface area contributed by atoms with Crippen molar-refractivity contribution in [3.8, 4) is 0 Å². The summed E-state index contributed by atoms with van der Waals surface area (Å²) in [7, 11) is 0. The summed E-state index contributed by atoms with van der Waals surface area (Å²) >= 11 is 0. The van der Waals surface area contributed by atoms with Crippen LogP contribution in [0.1, 0.15) is 39.0 Å². The van der Waals surface area contributed by atoms with Crippen LogP contribution < -0.4 is 0 Å². The van der Waals surface area contributed by atoms with E-state index in [1.807, 2.05) is 0 Å². The molecule has 90 valence electrons. The molecule has 1 saturated heterocycles. The fourth-order valence-electron chi connectivity index (χ4n) is 2.68. The molecule has 3 atom stereocenters. The van der Waals surface area contributed by atoms with Gasteiger partial charge in [-0.15, -0.1) is 0 Å². The summed E-state index contributed by atoms with van der Waals surface area (Å²) in [5.74, 6) is -0.224. The molecule has 1 heterocycles. The summed E-state index contributed by atoms with van der Waals surface area (Å²) in [4.78, 5) is 24.7. The molecule has 0 aromatic carbocycles. The van der Waals surface area contributed by atoms with Crippen LogP contribution in [0, 0.1) is 11.8 Å². The maximum absolute atomic E-state index is 11.7. The summed E-state index contributed by atoms with van der Waals surface area (Å²) in [6, 6.07) is 0. The van der Waals surface area contributed by atoms with Gasteiger partial charge in [0, 0.05) is 24.8 Å². The second kappa shape index (κ2) is 4.53. The topological polar surface area (TPSA) is 57.6 Å². The van der Waals surface area contributed by atoms with Crippen LogP contribution in [-0.4, -0.2) is 34.5 Å². The number of aliphatic hydroxyl groups excluding tert-OH is 1. The minimum atomic E-state index is -0.342. The number of hydrogen-bond donors (Lipinski definition) is 1. The van der Waals surface area contributed by atoms with Gasteiger partial charge in [0.25, 0.3) is 0 Å². The van der Waals surface area contributed by atoms with Gasteiger partial charge < -0.3 is 5.11 Å². The van der Waals surface area contributed by atoms with Crippen LogP contribution >= 0.6 is 0 Å². The van der Waals surface area contributed by atoms with E-state index in [0.717, 1.165) is 25.7 Å². The molecule has 1 aliphatic carbocycles. The van der Waals surface area contributed by atoms with E-state index in [4.69, 9.17) is 0 Å². The molecule has 0 spiro atoms. The Morgan fingerprint density at radius 3 is 2.56 bits per heavy atom. The Bertz CT molecular complexity index is 303. The molecular formula is C12H19NO3. The van der Waals surface area contributed by atoms with E-state index in [9.17, 15) is 14.7 Å². The van der Waals surface area contributed by atoms with E-state index in [1.54, 1.807) is 6.92 Å². The predicted molar refractivity (Wildman–Crippen MR) is 58.5 cm³/mol. The highest BCUT2D eigenvalue weighted by atomic mass is 16.3. The van der Waals surface area contributed by atoms with Crippen LogP contribution in [0.25, 0.3) is 0 Å². The summed E-state index contributed by atoms with van der Waals surface area (Å²) in [6.45, 7) is 2.21. The lowest BCUT2D eigenvalue weighted by Crippen LogP contribution is -2.40. The Balaban J connectivity index is 1.98. The number of amides is 2. The van der Waals surface area contributed by atoms with Gasteiger partial charge in [-0.3, -0.25) is 14.5 Å². The van der Waals surface area contributed by atoms with Crippen LogP contribution in [-0.2, 0) is 9.59 Å². The first-order valence-electron chi connectivity index (χ1n) is 6.12. The largest absolute Gasteiger partial charge is 0.393 e. The number of nitrogens with zero attached hydrogens (tertiary/aromatic N) is 1. The number of imide groups is 1. The Morgan fingerprint density at radius 1 is 1.31 bits per heavy atom. The number of carbonyl (C=O) groups is 2. The van der Waals surface area contributed by atoms with Gasteiger partial charge in [-0.05, 0) is 12.8 Å². The van der Waals surface area contributed by atoms with E-state index in [0.29, 0.717) is 13.0 Å². The molecule has 2 fully saturated rings. The molecule has 4 heteroatoms. The Labute approximate surface area is 95.6 Å². The molecule has 0 aromatic rings. The van der Waals surface area contributed by atoms with E-state index in [1.165, 1.54) is 4.90 Å². The van der Waals surface area contributed by atoms with Crippen molar-refractivity contribution in [1.29, 1.82) is 0 Å². The second-order valence-corrected chi connectivity index (χ2v) is 5.06.